The van der Waals surface area contributed by atoms with Gasteiger partial charge in [-0.25, -0.2) is 0 Å². The zero-order chi connectivity index (χ0) is 12.6. The standard InChI is InChI=1S/C14H28FN/c1-6-13(8-9-15)11-16-12(3)10-14(4,5)7-2/h13,16H,3,6-11H2,1-2,4-5H3. The maximum Gasteiger partial charge on any atom is 0.0897 e. The van der Waals surface area contributed by atoms with Crippen molar-refractivity contribution in [3.05, 3.63) is 12.3 Å². The molecule has 0 amide bonds. The third-order valence-corrected chi connectivity index (χ3v) is 3.38. The largest absolute Gasteiger partial charge is 0.389 e. The lowest BCUT2D eigenvalue weighted by atomic mass is 9.85. The summed E-state index contributed by atoms with van der Waals surface area (Å²) in [5, 5.41) is 3.35. The van der Waals surface area contributed by atoms with Gasteiger partial charge in [-0.3, -0.25) is 4.39 Å². The minimum atomic E-state index is -0.215. The van der Waals surface area contributed by atoms with Crippen LogP contribution in [0.15, 0.2) is 12.3 Å². The van der Waals surface area contributed by atoms with Gasteiger partial charge in [-0.1, -0.05) is 47.1 Å². The molecule has 0 radical (unpaired) electrons. The van der Waals surface area contributed by atoms with Crippen LogP contribution in [0.5, 0.6) is 0 Å². The topological polar surface area (TPSA) is 12.0 Å². The monoisotopic (exact) mass is 229 g/mol. The first-order valence-corrected chi connectivity index (χ1v) is 6.42. The smallest absolute Gasteiger partial charge is 0.0897 e. The van der Waals surface area contributed by atoms with Crippen LogP contribution in [0, 0.1) is 11.3 Å². The Morgan fingerprint density at radius 3 is 2.44 bits per heavy atom. The van der Waals surface area contributed by atoms with Crippen molar-refractivity contribution in [2.24, 2.45) is 11.3 Å². The highest BCUT2D eigenvalue weighted by Crippen LogP contribution is 2.27. The van der Waals surface area contributed by atoms with E-state index in [0.717, 1.165) is 31.5 Å². The molecule has 0 aromatic heterocycles. The minimum Gasteiger partial charge on any atom is -0.389 e. The Labute approximate surface area is 101 Å². The van der Waals surface area contributed by atoms with Crippen molar-refractivity contribution in [3.63, 3.8) is 0 Å². The average molecular weight is 229 g/mol. The Balaban J connectivity index is 3.88. The van der Waals surface area contributed by atoms with E-state index >= 15 is 0 Å². The quantitative estimate of drug-likeness (QED) is 0.621. The van der Waals surface area contributed by atoms with Crippen LogP contribution in [0.3, 0.4) is 0 Å². The van der Waals surface area contributed by atoms with Gasteiger partial charge in [-0.15, -0.1) is 0 Å². The molecule has 0 heterocycles. The SMILES string of the molecule is C=C(CC(C)(C)CC)NCC(CC)CCF. The molecule has 0 rings (SSSR count). The molecule has 0 aromatic rings. The first-order valence-electron chi connectivity index (χ1n) is 6.42. The van der Waals surface area contributed by atoms with Gasteiger partial charge in [0.05, 0.1) is 6.67 Å². The van der Waals surface area contributed by atoms with Crippen molar-refractivity contribution < 1.29 is 4.39 Å². The fourth-order valence-corrected chi connectivity index (χ4v) is 1.66. The summed E-state index contributed by atoms with van der Waals surface area (Å²) in [6.07, 6.45) is 3.83. The molecule has 1 atom stereocenters. The number of alkyl halides is 1. The van der Waals surface area contributed by atoms with Gasteiger partial charge >= 0.3 is 0 Å². The van der Waals surface area contributed by atoms with Crippen LogP contribution in [-0.2, 0) is 0 Å². The van der Waals surface area contributed by atoms with Crippen molar-refractivity contribution in [3.8, 4) is 0 Å². The molecule has 1 N–H and O–H groups in total. The van der Waals surface area contributed by atoms with E-state index in [1.807, 2.05) is 0 Å². The van der Waals surface area contributed by atoms with Crippen LogP contribution in [0.25, 0.3) is 0 Å². The summed E-state index contributed by atoms with van der Waals surface area (Å²) in [6.45, 7) is 13.5. The highest BCUT2D eigenvalue weighted by atomic mass is 19.1. The summed E-state index contributed by atoms with van der Waals surface area (Å²) in [5.74, 6) is 0.437. The van der Waals surface area contributed by atoms with E-state index in [4.69, 9.17) is 0 Å². The second-order valence-electron chi connectivity index (χ2n) is 5.43. The van der Waals surface area contributed by atoms with Crippen LogP contribution < -0.4 is 5.32 Å². The number of rotatable bonds is 9. The molecule has 1 unspecified atom stereocenters. The van der Waals surface area contributed by atoms with E-state index in [9.17, 15) is 4.39 Å². The van der Waals surface area contributed by atoms with E-state index < -0.39 is 0 Å². The molecule has 0 spiro atoms. The van der Waals surface area contributed by atoms with Gasteiger partial charge in [0.1, 0.15) is 0 Å². The van der Waals surface area contributed by atoms with Gasteiger partial charge in [-0.2, -0.15) is 0 Å². The Morgan fingerprint density at radius 2 is 2.00 bits per heavy atom. The molecule has 0 saturated carbocycles. The third kappa shape index (κ3) is 6.86. The highest BCUT2D eigenvalue weighted by Gasteiger charge is 2.16. The number of allylic oxidation sites excluding steroid dienone is 1. The predicted molar refractivity (Wildman–Crippen MR) is 70.2 cm³/mol. The molecule has 0 aromatic carbocycles. The summed E-state index contributed by atoms with van der Waals surface area (Å²) in [6, 6.07) is 0. The normalized spacial score (nSPS) is 13.6. The molecule has 0 bridgehead atoms. The zero-order valence-electron chi connectivity index (χ0n) is 11.4. The second kappa shape index (κ2) is 7.70. The van der Waals surface area contributed by atoms with Gasteiger partial charge in [0, 0.05) is 12.2 Å². The Bertz CT molecular complexity index is 199. The molecule has 16 heavy (non-hydrogen) atoms. The van der Waals surface area contributed by atoms with Crippen molar-refractivity contribution in [2.75, 3.05) is 13.2 Å². The van der Waals surface area contributed by atoms with Crippen molar-refractivity contribution >= 4 is 0 Å². The van der Waals surface area contributed by atoms with Crippen molar-refractivity contribution in [1.82, 2.24) is 5.32 Å². The summed E-state index contributed by atoms with van der Waals surface area (Å²) in [7, 11) is 0. The van der Waals surface area contributed by atoms with E-state index in [1.54, 1.807) is 0 Å². The summed E-state index contributed by atoms with van der Waals surface area (Å²) in [4.78, 5) is 0. The molecule has 0 aliphatic heterocycles. The van der Waals surface area contributed by atoms with Crippen LogP contribution in [-0.4, -0.2) is 13.2 Å². The minimum absolute atomic E-state index is 0.215. The van der Waals surface area contributed by atoms with Gasteiger partial charge in [0.15, 0.2) is 0 Å². The third-order valence-electron chi connectivity index (χ3n) is 3.38. The van der Waals surface area contributed by atoms with Crippen LogP contribution in [0.4, 0.5) is 4.39 Å². The number of hydrogen-bond acceptors (Lipinski definition) is 1. The lowest BCUT2D eigenvalue weighted by molar-refractivity contribution is 0.330. The molecular weight excluding hydrogens is 201 g/mol. The first kappa shape index (κ1) is 15.5. The lowest BCUT2D eigenvalue weighted by Gasteiger charge is -2.25. The Hall–Kier alpha value is -0.530. The Morgan fingerprint density at radius 1 is 1.38 bits per heavy atom. The fraction of sp³-hybridized carbons (Fsp3) is 0.857. The Kier molecular flexibility index (Phi) is 7.44. The summed E-state index contributed by atoms with van der Waals surface area (Å²) < 4.78 is 12.2. The average Bonchev–Trinajstić information content (AvgIpc) is 2.23. The van der Waals surface area contributed by atoms with E-state index in [0.29, 0.717) is 17.8 Å². The van der Waals surface area contributed by atoms with Gasteiger partial charge in [0.25, 0.3) is 0 Å². The molecule has 96 valence electrons. The predicted octanol–water partition coefficient (Wildman–Crippen LogP) is 4.30. The zero-order valence-corrected chi connectivity index (χ0v) is 11.4. The molecule has 0 aliphatic rings. The molecule has 0 fully saturated rings. The number of hydrogen-bond donors (Lipinski definition) is 1. The number of nitrogens with one attached hydrogen (secondary N) is 1. The maximum absolute atomic E-state index is 12.2. The molecule has 0 saturated heterocycles. The lowest BCUT2D eigenvalue weighted by Crippen LogP contribution is -2.25. The van der Waals surface area contributed by atoms with Crippen LogP contribution in [0.2, 0.25) is 0 Å². The van der Waals surface area contributed by atoms with Crippen molar-refractivity contribution in [1.29, 1.82) is 0 Å². The molecule has 0 aliphatic carbocycles. The summed E-state index contributed by atoms with van der Waals surface area (Å²) >= 11 is 0. The van der Waals surface area contributed by atoms with E-state index in [-0.39, 0.29) is 6.67 Å². The molecule has 1 nitrogen and oxygen atoms in total. The van der Waals surface area contributed by atoms with Crippen LogP contribution in [0.1, 0.15) is 53.4 Å². The van der Waals surface area contributed by atoms with Crippen LogP contribution >= 0.6 is 0 Å². The first-order chi connectivity index (χ1) is 7.45. The van der Waals surface area contributed by atoms with Gasteiger partial charge in [0.2, 0.25) is 0 Å². The maximum atomic E-state index is 12.2. The molecular formula is C14H28FN. The van der Waals surface area contributed by atoms with E-state index in [2.05, 4.69) is 39.6 Å². The fourth-order valence-electron chi connectivity index (χ4n) is 1.66. The molecule has 2 heteroatoms. The summed E-state index contributed by atoms with van der Waals surface area (Å²) in [5.41, 5.74) is 1.40. The van der Waals surface area contributed by atoms with Crippen molar-refractivity contribution in [2.45, 2.75) is 53.4 Å². The van der Waals surface area contributed by atoms with E-state index in [1.165, 1.54) is 0 Å². The highest BCUT2D eigenvalue weighted by molar-refractivity contribution is 4.96. The second-order valence-corrected chi connectivity index (χ2v) is 5.43. The van der Waals surface area contributed by atoms with Gasteiger partial charge < -0.3 is 5.32 Å². The number of halogens is 1. The van der Waals surface area contributed by atoms with Gasteiger partial charge in [-0.05, 0) is 24.2 Å².